The maximum absolute atomic E-state index is 12.8. The highest BCUT2D eigenvalue weighted by atomic mass is 35.5. The minimum atomic E-state index is 0.158. The molecule has 0 saturated carbocycles. The van der Waals surface area contributed by atoms with Crippen molar-refractivity contribution in [3.05, 3.63) is 59.2 Å². The van der Waals surface area contributed by atoms with Gasteiger partial charge in [-0.2, -0.15) is 0 Å². The summed E-state index contributed by atoms with van der Waals surface area (Å²) in [6.07, 6.45) is 2.31. The van der Waals surface area contributed by atoms with E-state index in [1.54, 1.807) is 7.11 Å². The fourth-order valence-electron chi connectivity index (χ4n) is 3.67. The number of ether oxygens (including phenoxy) is 1. The van der Waals surface area contributed by atoms with Gasteiger partial charge >= 0.3 is 0 Å². The summed E-state index contributed by atoms with van der Waals surface area (Å²) in [5.74, 6) is 1.03. The number of H-pyrrole nitrogens is 1. The van der Waals surface area contributed by atoms with Crippen molar-refractivity contribution in [3.8, 4) is 5.75 Å². The molecule has 0 bridgehead atoms. The molecule has 1 amide bonds. The van der Waals surface area contributed by atoms with Crippen LogP contribution in [0.25, 0.3) is 10.9 Å². The van der Waals surface area contributed by atoms with Gasteiger partial charge in [0.25, 0.3) is 0 Å². The minimum Gasteiger partial charge on any atom is -0.495 e. The lowest BCUT2D eigenvalue weighted by Gasteiger charge is -2.36. The molecule has 5 nitrogen and oxygen atoms in total. The zero-order valence-electron chi connectivity index (χ0n) is 15.2. The molecular formula is C21H22ClN3O2. The van der Waals surface area contributed by atoms with Gasteiger partial charge in [-0.25, -0.2) is 0 Å². The lowest BCUT2D eigenvalue weighted by molar-refractivity contribution is -0.130. The number of aromatic nitrogens is 1. The molecule has 0 unspecified atom stereocenters. The number of anilines is 1. The molecule has 0 aliphatic carbocycles. The summed E-state index contributed by atoms with van der Waals surface area (Å²) in [6.45, 7) is 3.03. The van der Waals surface area contributed by atoms with E-state index in [0.717, 1.165) is 41.0 Å². The molecule has 27 heavy (non-hydrogen) atoms. The van der Waals surface area contributed by atoms with E-state index < -0.39 is 0 Å². The van der Waals surface area contributed by atoms with E-state index in [0.29, 0.717) is 24.5 Å². The average Bonchev–Trinajstić information content (AvgIpc) is 3.09. The van der Waals surface area contributed by atoms with E-state index in [1.807, 2.05) is 47.5 Å². The van der Waals surface area contributed by atoms with Crippen LogP contribution in [-0.4, -0.2) is 49.1 Å². The van der Waals surface area contributed by atoms with Crippen molar-refractivity contribution in [1.82, 2.24) is 9.88 Å². The van der Waals surface area contributed by atoms with Crippen LogP contribution in [0.4, 0.5) is 5.69 Å². The number of benzene rings is 2. The first-order chi connectivity index (χ1) is 13.2. The molecule has 1 saturated heterocycles. The van der Waals surface area contributed by atoms with E-state index in [-0.39, 0.29) is 5.91 Å². The molecule has 2 heterocycles. The number of fused-ring (bicyclic) bond motifs is 1. The number of hydrogen-bond acceptors (Lipinski definition) is 3. The maximum atomic E-state index is 12.8. The number of halogens is 1. The molecule has 1 aliphatic heterocycles. The minimum absolute atomic E-state index is 0.158. The van der Waals surface area contributed by atoms with Crippen molar-refractivity contribution < 1.29 is 9.53 Å². The smallest absolute Gasteiger partial charge is 0.227 e. The van der Waals surface area contributed by atoms with Crippen LogP contribution in [0.5, 0.6) is 5.75 Å². The third kappa shape index (κ3) is 3.60. The van der Waals surface area contributed by atoms with Gasteiger partial charge in [0.2, 0.25) is 5.91 Å². The number of methoxy groups -OCH3 is 1. The Morgan fingerprint density at radius 2 is 1.93 bits per heavy atom. The van der Waals surface area contributed by atoms with E-state index in [9.17, 15) is 4.79 Å². The Hall–Kier alpha value is -2.66. The van der Waals surface area contributed by atoms with Gasteiger partial charge in [0.1, 0.15) is 5.75 Å². The van der Waals surface area contributed by atoms with Gasteiger partial charge in [-0.05, 0) is 29.8 Å². The van der Waals surface area contributed by atoms with Gasteiger partial charge in [0.15, 0.2) is 0 Å². The zero-order valence-corrected chi connectivity index (χ0v) is 16.0. The van der Waals surface area contributed by atoms with E-state index in [4.69, 9.17) is 16.3 Å². The Labute approximate surface area is 163 Å². The highest BCUT2D eigenvalue weighted by Crippen LogP contribution is 2.28. The maximum Gasteiger partial charge on any atom is 0.227 e. The lowest BCUT2D eigenvalue weighted by atomic mass is 10.1. The zero-order chi connectivity index (χ0) is 18.8. The van der Waals surface area contributed by atoms with Crippen LogP contribution < -0.4 is 9.64 Å². The van der Waals surface area contributed by atoms with Crippen LogP contribution in [0.1, 0.15) is 5.56 Å². The molecule has 3 aromatic rings. The second kappa shape index (κ2) is 7.53. The first-order valence-electron chi connectivity index (χ1n) is 9.07. The Bertz CT molecular complexity index is 961. The van der Waals surface area contributed by atoms with Crippen LogP contribution in [-0.2, 0) is 11.2 Å². The van der Waals surface area contributed by atoms with Crippen LogP contribution >= 0.6 is 11.6 Å². The van der Waals surface area contributed by atoms with Gasteiger partial charge in [-0.1, -0.05) is 29.8 Å². The number of hydrogen-bond donors (Lipinski definition) is 1. The normalized spacial score (nSPS) is 14.6. The Balaban J connectivity index is 1.41. The SMILES string of the molecule is COc1ccccc1N1CCN(C(=O)Cc2c[nH]c3cc(Cl)ccc23)CC1. The van der Waals surface area contributed by atoms with Crippen molar-refractivity contribution in [2.45, 2.75) is 6.42 Å². The first kappa shape index (κ1) is 17.7. The van der Waals surface area contributed by atoms with Gasteiger partial charge in [-0.3, -0.25) is 4.79 Å². The topological polar surface area (TPSA) is 48.6 Å². The van der Waals surface area contributed by atoms with Gasteiger partial charge in [-0.15, -0.1) is 0 Å². The predicted molar refractivity (Wildman–Crippen MR) is 109 cm³/mol. The van der Waals surface area contributed by atoms with Crippen molar-refractivity contribution in [2.24, 2.45) is 0 Å². The second-order valence-corrected chi connectivity index (χ2v) is 7.16. The van der Waals surface area contributed by atoms with Gasteiger partial charge < -0.3 is 19.5 Å². The number of carbonyl (C=O) groups is 1. The summed E-state index contributed by atoms with van der Waals surface area (Å²) >= 11 is 6.03. The number of nitrogens with zero attached hydrogens (tertiary/aromatic N) is 2. The average molecular weight is 384 g/mol. The summed E-state index contributed by atoms with van der Waals surface area (Å²) in [6, 6.07) is 13.7. The fourth-order valence-corrected chi connectivity index (χ4v) is 3.84. The molecule has 0 atom stereocenters. The molecule has 140 valence electrons. The number of aromatic amines is 1. The molecule has 1 N–H and O–H groups in total. The molecule has 6 heteroatoms. The summed E-state index contributed by atoms with van der Waals surface area (Å²) in [5, 5.41) is 1.75. The van der Waals surface area contributed by atoms with Gasteiger partial charge in [0.05, 0.1) is 19.2 Å². The lowest BCUT2D eigenvalue weighted by Crippen LogP contribution is -2.49. The molecule has 0 radical (unpaired) electrons. The standard InChI is InChI=1S/C21H22ClN3O2/c1-27-20-5-3-2-4-19(20)24-8-10-25(11-9-24)21(26)12-15-14-23-18-13-16(22)6-7-17(15)18/h2-7,13-14,23H,8-12H2,1H3. The van der Waals surface area contributed by atoms with Crippen molar-refractivity contribution in [2.75, 3.05) is 38.2 Å². The van der Waals surface area contributed by atoms with Crippen molar-refractivity contribution in [1.29, 1.82) is 0 Å². The van der Waals surface area contributed by atoms with Crippen molar-refractivity contribution in [3.63, 3.8) is 0 Å². The number of nitrogens with one attached hydrogen (secondary N) is 1. The van der Waals surface area contributed by atoms with Crippen molar-refractivity contribution >= 4 is 34.1 Å². The molecule has 4 rings (SSSR count). The first-order valence-corrected chi connectivity index (χ1v) is 9.45. The molecule has 0 spiro atoms. The van der Waals surface area contributed by atoms with Crippen LogP contribution in [0.15, 0.2) is 48.7 Å². The van der Waals surface area contributed by atoms with Crippen LogP contribution in [0.3, 0.4) is 0 Å². The third-order valence-electron chi connectivity index (χ3n) is 5.13. The summed E-state index contributed by atoms with van der Waals surface area (Å²) in [7, 11) is 1.69. The van der Waals surface area contributed by atoms with Gasteiger partial charge in [0, 0.05) is 48.3 Å². The third-order valence-corrected chi connectivity index (χ3v) is 5.36. The number of para-hydroxylation sites is 2. The highest BCUT2D eigenvalue weighted by molar-refractivity contribution is 6.31. The molecule has 1 fully saturated rings. The number of piperazine rings is 1. The summed E-state index contributed by atoms with van der Waals surface area (Å²) < 4.78 is 5.46. The van der Waals surface area contributed by atoms with E-state index >= 15 is 0 Å². The molecular weight excluding hydrogens is 362 g/mol. The summed E-state index contributed by atoms with van der Waals surface area (Å²) in [4.78, 5) is 20.2. The molecule has 1 aromatic heterocycles. The highest BCUT2D eigenvalue weighted by Gasteiger charge is 2.23. The molecule has 2 aromatic carbocycles. The molecule has 1 aliphatic rings. The largest absolute Gasteiger partial charge is 0.495 e. The Morgan fingerprint density at radius 1 is 1.15 bits per heavy atom. The van der Waals surface area contributed by atoms with E-state index in [2.05, 4.69) is 16.0 Å². The van der Waals surface area contributed by atoms with Crippen LogP contribution in [0.2, 0.25) is 5.02 Å². The monoisotopic (exact) mass is 383 g/mol. The van der Waals surface area contributed by atoms with Crippen LogP contribution in [0, 0.1) is 0 Å². The fraction of sp³-hybridized carbons (Fsp3) is 0.286. The quantitative estimate of drug-likeness (QED) is 0.747. The Morgan fingerprint density at radius 3 is 2.70 bits per heavy atom. The summed E-state index contributed by atoms with van der Waals surface area (Å²) in [5.41, 5.74) is 3.06. The number of amides is 1. The van der Waals surface area contributed by atoms with E-state index in [1.165, 1.54) is 0 Å². The number of carbonyl (C=O) groups excluding carboxylic acids is 1. The predicted octanol–water partition coefficient (Wildman–Crippen LogP) is 3.72. The Kier molecular flexibility index (Phi) is 4.94. The second-order valence-electron chi connectivity index (χ2n) is 6.72. The number of rotatable bonds is 4.